The summed E-state index contributed by atoms with van der Waals surface area (Å²) in [6.07, 6.45) is 5.39. The standard InChI is InChI=1S/C31H43N5O4/c1-22(36-33-23(2)32-34-36)18-24-6-12-30(28(19-24)26-8-10-27(38-4)11-9-26)40-21-25-7-13-31-29(20-25)35(15-17-39-31)14-5-16-37-3/h7-11,13,20,22,24,28,30H,5-6,12,14-19,21H2,1-4H3/t22-,24+,28-,30+/m1/s1. The number of hydrogen-bond donors (Lipinski definition) is 0. The molecule has 2 aliphatic rings. The third-order valence-electron chi connectivity index (χ3n) is 8.26. The van der Waals surface area contributed by atoms with Crippen LogP contribution in [0.25, 0.3) is 0 Å². The highest BCUT2D eigenvalue weighted by molar-refractivity contribution is 5.61. The van der Waals surface area contributed by atoms with Crippen LogP contribution in [0.15, 0.2) is 42.5 Å². The molecule has 5 rings (SSSR count). The van der Waals surface area contributed by atoms with Crippen molar-refractivity contribution in [3.8, 4) is 11.5 Å². The maximum Gasteiger partial charge on any atom is 0.171 e. The largest absolute Gasteiger partial charge is 0.497 e. The highest BCUT2D eigenvalue weighted by atomic mass is 16.5. The number of tetrazole rings is 1. The van der Waals surface area contributed by atoms with Crippen LogP contribution in [0, 0.1) is 12.8 Å². The lowest BCUT2D eigenvalue weighted by Crippen LogP contribution is -2.34. The molecular formula is C31H43N5O4. The van der Waals surface area contributed by atoms with Crippen molar-refractivity contribution in [2.75, 3.05) is 45.4 Å². The van der Waals surface area contributed by atoms with E-state index in [-0.39, 0.29) is 12.1 Å². The molecule has 0 spiro atoms. The summed E-state index contributed by atoms with van der Waals surface area (Å²) in [6, 6.07) is 15.2. The fourth-order valence-electron chi connectivity index (χ4n) is 6.15. The average molecular weight is 550 g/mol. The van der Waals surface area contributed by atoms with Crippen LogP contribution in [0.2, 0.25) is 0 Å². The molecule has 9 heteroatoms. The minimum atomic E-state index is 0.150. The van der Waals surface area contributed by atoms with Gasteiger partial charge in [0, 0.05) is 26.2 Å². The van der Waals surface area contributed by atoms with Crippen LogP contribution in [0.4, 0.5) is 5.69 Å². The van der Waals surface area contributed by atoms with Crippen LogP contribution in [-0.4, -0.2) is 66.8 Å². The van der Waals surface area contributed by atoms with Crippen molar-refractivity contribution in [2.45, 2.75) is 70.6 Å². The Hall–Kier alpha value is -3.17. The van der Waals surface area contributed by atoms with Gasteiger partial charge in [-0.25, -0.2) is 0 Å². The molecule has 2 heterocycles. The van der Waals surface area contributed by atoms with Crippen molar-refractivity contribution in [1.82, 2.24) is 20.2 Å². The molecule has 4 atom stereocenters. The van der Waals surface area contributed by atoms with Crippen molar-refractivity contribution in [3.05, 3.63) is 59.4 Å². The predicted molar refractivity (Wildman–Crippen MR) is 154 cm³/mol. The van der Waals surface area contributed by atoms with Gasteiger partial charge >= 0.3 is 0 Å². The number of ether oxygens (including phenoxy) is 4. The quantitative estimate of drug-likeness (QED) is 0.280. The maximum atomic E-state index is 6.71. The van der Waals surface area contributed by atoms with E-state index in [1.54, 1.807) is 19.0 Å². The molecule has 9 nitrogen and oxygen atoms in total. The molecule has 0 radical (unpaired) electrons. The van der Waals surface area contributed by atoms with E-state index in [0.29, 0.717) is 30.9 Å². The third-order valence-corrected chi connectivity index (χ3v) is 8.26. The lowest BCUT2D eigenvalue weighted by Gasteiger charge is -2.37. The molecule has 1 fully saturated rings. The molecule has 1 aliphatic carbocycles. The number of nitrogens with zero attached hydrogens (tertiary/aromatic N) is 5. The summed E-state index contributed by atoms with van der Waals surface area (Å²) in [5.74, 6) is 3.42. The smallest absolute Gasteiger partial charge is 0.171 e. The molecule has 1 saturated carbocycles. The SMILES string of the molecule is COCCCN1CCOc2ccc(CO[C@H]3CC[C@@H](C[C@@H](C)n4nnc(C)n4)C[C@@H]3c3ccc(OC)cc3)cc21. The second kappa shape index (κ2) is 13.5. The van der Waals surface area contributed by atoms with Gasteiger partial charge in [-0.1, -0.05) is 18.2 Å². The van der Waals surface area contributed by atoms with E-state index in [0.717, 1.165) is 69.0 Å². The third kappa shape index (κ3) is 6.93. The van der Waals surface area contributed by atoms with Gasteiger partial charge in [0.05, 0.1) is 38.1 Å². The second-order valence-electron chi connectivity index (χ2n) is 11.1. The predicted octanol–water partition coefficient (Wildman–Crippen LogP) is 5.35. The van der Waals surface area contributed by atoms with Crippen LogP contribution in [0.5, 0.6) is 11.5 Å². The molecule has 0 saturated heterocycles. The fourth-order valence-corrected chi connectivity index (χ4v) is 6.15. The Bertz CT molecular complexity index is 1220. The number of anilines is 1. The monoisotopic (exact) mass is 549 g/mol. The summed E-state index contributed by atoms with van der Waals surface area (Å²) in [5, 5.41) is 12.7. The minimum absolute atomic E-state index is 0.150. The molecule has 216 valence electrons. The van der Waals surface area contributed by atoms with Crippen LogP contribution in [-0.2, 0) is 16.1 Å². The Kier molecular flexibility index (Phi) is 9.54. The second-order valence-corrected chi connectivity index (χ2v) is 11.1. The summed E-state index contributed by atoms with van der Waals surface area (Å²) >= 11 is 0. The van der Waals surface area contributed by atoms with E-state index in [4.69, 9.17) is 18.9 Å². The van der Waals surface area contributed by atoms with E-state index < -0.39 is 0 Å². The lowest BCUT2D eigenvalue weighted by atomic mass is 9.74. The normalized spacial score (nSPS) is 21.5. The number of rotatable bonds is 12. The molecule has 0 amide bonds. The topological polar surface area (TPSA) is 83.8 Å². The Morgan fingerprint density at radius 3 is 2.70 bits per heavy atom. The van der Waals surface area contributed by atoms with E-state index in [2.05, 4.69) is 69.7 Å². The van der Waals surface area contributed by atoms with Crippen molar-refractivity contribution in [1.29, 1.82) is 0 Å². The molecule has 2 aromatic carbocycles. The highest BCUT2D eigenvalue weighted by Gasteiger charge is 2.33. The number of fused-ring (bicyclic) bond motifs is 1. The molecule has 0 N–H and O–H groups in total. The number of aryl methyl sites for hydroxylation is 1. The Morgan fingerprint density at radius 1 is 1.10 bits per heavy atom. The molecule has 40 heavy (non-hydrogen) atoms. The van der Waals surface area contributed by atoms with Gasteiger partial charge < -0.3 is 23.8 Å². The zero-order valence-corrected chi connectivity index (χ0v) is 24.3. The van der Waals surface area contributed by atoms with Crippen molar-refractivity contribution < 1.29 is 18.9 Å². The molecule has 3 aromatic rings. The van der Waals surface area contributed by atoms with Crippen molar-refractivity contribution >= 4 is 5.69 Å². The van der Waals surface area contributed by atoms with Crippen LogP contribution >= 0.6 is 0 Å². The van der Waals surface area contributed by atoms with E-state index >= 15 is 0 Å². The number of hydrogen-bond acceptors (Lipinski definition) is 8. The average Bonchev–Trinajstić information content (AvgIpc) is 3.43. The molecule has 1 aliphatic heterocycles. The summed E-state index contributed by atoms with van der Waals surface area (Å²) in [5.41, 5.74) is 3.64. The molecule has 1 aromatic heterocycles. The summed E-state index contributed by atoms with van der Waals surface area (Å²) in [6.45, 7) is 7.98. The van der Waals surface area contributed by atoms with Crippen LogP contribution < -0.4 is 14.4 Å². The van der Waals surface area contributed by atoms with Crippen LogP contribution in [0.1, 0.15) is 67.9 Å². The zero-order chi connectivity index (χ0) is 27.9. The minimum Gasteiger partial charge on any atom is -0.497 e. The van der Waals surface area contributed by atoms with E-state index in [1.807, 2.05) is 6.92 Å². The molecule has 0 bridgehead atoms. The van der Waals surface area contributed by atoms with Gasteiger partial charge in [-0.05, 0) is 92.5 Å². The summed E-state index contributed by atoms with van der Waals surface area (Å²) < 4.78 is 23.3. The van der Waals surface area contributed by atoms with Crippen LogP contribution in [0.3, 0.4) is 0 Å². The molecular weight excluding hydrogens is 506 g/mol. The Morgan fingerprint density at radius 2 is 1.95 bits per heavy atom. The van der Waals surface area contributed by atoms with Gasteiger partial charge in [-0.2, -0.15) is 4.80 Å². The first-order valence-electron chi connectivity index (χ1n) is 14.5. The molecule has 0 unspecified atom stereocenters. The van der Waals surface area contributed by atoms with Crippen molar-refractivity contribution in [2.24, 2.45) is 5.92 Å². The Labute approximate surface area is 237 Å². The first kappa shape index (κ1) is 28.4. The number of aromatic nitrogens is 4. The van der Waals surface area contributed by atoms with Crippen molar-refractivity contribution in [3.63, 3.8) is 0 Å². The zero-order valence-electron chi connectivity index (χ0n) is 24.3. The number of methoxy groups -OCH3 is 2. The van der Waals surface area contributed by atoms with Gasteiger partial charge in [0.25, 0.3) is 0 Å². The highest BCUT2D eigenvalue weighted by Crippen LogP contribution is 2.42. The van der Waals surface area contributed by atoms with E-state index in [9.17, 15) is 0 Å². The van der Waals surface area contributed by atoms with Gasteiger partial charge in [-0.15, -0.1) is 10.2 Å². The first-order chi connectivity index (χ1) is 19.5. The lowest BCUT2D eigenvalue weighted by molar-refractivity contribution is -0.0108. The summed E-state index contributed by atoms with van der Waals surface area (Å²) in [4.78, 5) is 4.16. The first-order valence-corrected chi connectivity index (χ1v) is 14.5. The summed E-state index contributed by atoms with van der Waals surface area (Å²) in [7, 11) is 3.46. The van der Waals surface area contributed by atoms with Gasteiger partial charge in [-0.3, -0.25) is 0 Å². The van der Waals surface area contributed by atoms with E-state index in [1.165, 1.54) is 11.1 Å². The maximum absolute atomic E-state index is 6.71. The van der Waals surface area contributed by atoms with Gasteiger partial charge in [0.1, 0.15) is 18.1 Å². The van der Waals surface area contributed by atoms with Gasteiger partial charge in [0.15, 0.2) is 5.82 Å². The van der Waals surface area contributed by atoms with Gasteiger partial charge in [0.2, 0.25) is 0 Å². The Balaban J connectivity index is 1.27. The number of benzene rings is 2. The fraction of sp³-hybridized carbons (Fsp3) is 0.581.